The van der Waals surface area contributed by atoms with Gasteiger partial charge in [0.05, 0.1) is 18.4 Å². The summed E-state index contributed by atoms with van der Waals surface area (Å²) >= 11 is 1.40. The number of benzene rings is 2. The number of amides is 1. The van der Waals surface area contributed by atoms with E-state index in [1.165, 1.54) is 35.6 Å². The van der Waals surface area contributed by atoms with Crippen LogP contribution in [0.4, 0.5) is 9.52 Å². The van der Waals surface area contributed by atoms with E-state index in [0.717, 1.165) is 10.3 Å². The van der Waals surface area contributed by atoms with Crippen molar-refractivity contribution in [3.05, 3.63) is 83.9 Å². The minimum absolute atomic E-state index is 0.262. The summed E-state index contributed by atoms with van der Waals surface area (Å²) in [7, 11) is 1.59. The van der Waals surface area contributed by atoms with Crippen LogP contribution in [0.25, 0.3) is 10.2 Å². The zero-order valence-corrected chi connectivity index (χ0v) is 15.8. The molecule has 28 heavy (non-hydrogen) atoms. The molecule has 5 nitrogen and oxygen atoms in total. The lowest BCUT2D eigenvalue weighted by Gasteiger charge is -2.20. The van der Waals surface area contributed by atoms with Gasteiger partial charge in [-0.15, -0.1) is 0 Å². The first-order valence-corrected chi connectivity index (χ1v) is 9.37. The van der Waals surface area contributed by atoms with Gasteiger partial charge in [-0.1, -0.05) is 23.5 Å². The van der Waals surface area contributed by atoms with Crippen LogP contribution in [0.3, 0.4) is 0 Å². The molecule has 7 heteroatoms. The van der Waals surface area contributed by atoms with Crippen LogP contribution in [0, 0.1) is 5.82 Å². The lowest BCUT2D eigenvalue weighted by atomic mass is 10.2. The zero-order chi connectivity index (χ0) is 19.5. The number of thiazole rings is 1. The summed E-state index contributed by atoms with van der Waals surface area (Å²) in [5.41, 5.74) is 1.95. The van der Waals surface area contributed by atoms with Gasteiger partial charge >= 0.3 is 0 Å². The average molecular weight is 393 g/mol. The van der Waals surface area contributed by atoms with Gasteiger partial charge in [0.1, 0.15) is 17.1 Å². The van der Waals surface area contributed by atoms with E-state index < -0.39 is 0 Å². The van der Waals surface area contributed by atoms with Crippen molar-refractivity contribution in [2.24, 2.45) is 0 Å². The highest BCUT2D eigenvalue weighted by atomic mass is 32.1. The Labute approximate surface area is 165 Å². The summed E-state index contributed by atoms with van der Waals surface area (Å²) < 4.78 is 19.6. The minimum Gasteiger partial charge on any atom is -0.494 e. The molecule has 0 radical (unpaired) electrons. The molecule has 2 aromatic heterocycles. The average Bonchev–Trinajstić information content (AvgIpc) is 3.17. The van der Waals surface area contributed by atoms with E-state index in [2.05, 4.69) is 9.97 Å². The molecule has 0 unspecified atom stereocenters. The normalized spacial score (nSPS) is 10.8. The van der Waals surface area contributed by atoms with Crippen LogP contribution in [0.15, 0.2) is 67.0 Å². The van der Waals surface area contributed by atoms with Gasteiger partial charge in [0, 0.05) is 18.0 Å². The lowest BCUT2D eigenvalue weighted by Crippen LogP contribution is -2.30. The van der Waals surface area contributed by atoms with E-state index in [9.17, 15) is 9.18 Å². The molecule has 0 N–H and O–H groups in total. The largest absolute Gasteiger partial charge is 0.494 e. The molecule has 0 fully saturated rings. The molecule has 4 rings (SSSR count). The SMILES string of the molecule is COc1cccc2sc(N(Cc3cccnc3)C(=O)c3ccc(F)cc3)nc12. The molecular weight excluding hydrogens is 377 g/mol. The molecule has 0 spiro atoms. The second kappa shape index (κ2) is 7.74. The fourth-order valence-corrected chi connectivity index (χ4v) is 3.82. The van der Waals surface area contributed by atoms with Crippen molar-refractivity contribution in [1.29, 1.82) is 0 Å². The maximum absolute atomic E-state index is 13.3. The number of nitrogens with zero attached hydrogens (tertiary/aromatic N) is 3. The molecule has 0 atom stereocenters. The van der Waals surface area contributed by atoms with Gasteiger partial charge < -0.3 is 4.74 Å². The summed E-state index contributed by atoms with van der Waals surface area (Å²) in [6.45, 7) is 0.298. The predicted octanol–water partition coefficient (Wildman–Crippen LogP) is 4.69. The van der Waals surface area contributed by atoms with Gasteiger partial charge in [-0.2, -0.15) is 0 Å². The molecule has 0 bridgehead atoms. The number of methoxy groups -OCH3 is 1. The Morgan fingerprint density at radius 1 is 1.14 bits per heavy atom. The van der Waals surface area contributed by atoms with Crippen molar-refractivity contribution in [2.75, 3.05) is 12.0 Å². The summed E-state index contributed by atoms with van der Waals surface area (Å²) in [6, 6.07) is 14.9. The minimum atomic E-state index is -0.389. The van der Waals surface area contributed by atoms with Crippen molar-refractivity contribution >= 4 is 32.6 Å². The summed E-state index contributed by atoms with van der Waals surface area (Å²) in [5.74, 6) is -0.00230. The van der Waals surface area contributed by atoms with Crippen LogP contribution >= 0.6 is 11.3 Å². The van der Waals surface area contributed by atoms with Crippen LogP contribution in [0.1, 0.15) is 15.9 Å². The van der Waals surface area contributed by atoms with Crippen LogP contribution in [0.2, 0.25) is 0 Å². The van der Waals surface area contributed by atoms with Gasteiger partial charge in [-0.3, -0.25) is 14.7 Å². The van der Waals surface area contributed by atoms with Crippen molar-refractivity contribution in [3.63, 3.8) is 0 Å². The summed E-state index contributed by atoms with van der Waals surface area (Å²) in [4.78, 5) is 23.6. The third-order valence-corrected chi connectivity index (χ3v) is 5.26. The molecule has 2 aromatic carbocycles. The Hall–Kier alpha value is -3.32. The maximum atomic E-state index is 13.3. The molecule has 0 aliphatic carbocycles. The number of aromatic nitrogens is 2. The van der Waals surface area contributed by atoms with Crippen molar-refractivity contribution in [2.45, 2.75) is 6.54 Å². The Morgan fingerprint density at radius 3 is 2.68 bits per heavy atom. The number of carbonyl (C=O) groups excluding carboxylic acids is 1. The first kappa shape index (κ1) is 18.1. The molecule has 140 valence electrons. The molecular formula is C21H16FN3O2S. The number of hydrogen-bond acceptors (Lipinski definition) is 5. The van der Waals surface area contributed by atoms with Gasteiger partial charge in [0.15, 0.2) is 5.13 Å². The van der Waals surface area contributed by atoms with Crippen LogP contribution in [0.5, 0.6) is 5.75 Å². The van der Waals surface area contributed by atoms with Gasteiger partial charge in [-0.05, 0) is 48.0 Å². The van der Waals surface area contributed by atoms with Gasteiger partial charge in [-0.25, -0.2) is 9.37 Å². The number of anilines is 1. The van der Waals surface area contributed by atoms with E-state index in [0.29, 0.717) is 28.5 Å². The monoisotopic (exact) mass is 393 g/mol. The van der Waals surface area contributed by atoms with Crippen LogP contribution in [-0.4, -0.2) is 23.0 Å². The molecule has 0 saturated carbocycles. The standard InChI is InChI=1S/C21H16FN3O2S/c1-27-17-5-2-6-18-19(17)24-21(28-18)25(13-14-4-3-11-23-12-14)20(26)15-7-9-16(22)10-8-15/h2-12H,13H2,1H3. The molecule has 0 aliphatic heterocycles. The predicted molar refractivity (Wildman–Crippen MR) is 107 cm³/mol. The van der Waals surface area contributed by atoms with E-state index in [-0.39, 0.29) is 11.7 Å². The van der Waals surface area contributed by atoms with E-state index in [1.807, 2.05) is 30.3 Å². The van der Waals surface area contributed by atoms with E-state index in [1.54, 1.807) is 24.4 Å². The third-order valence-electron chi connectivity index (χ3n) is 4.22. The molecule has 2 heterocycles. The Bertz CT molecular complexity index is 1110. The quantitative estimate of drug-likeness (QED) is 0.494. The number of pyridine rings is 1. The molecule has 1 amide bonds. The molecule has 0 saturated heterocycles. The number of hydrogen-bond donors (Lipinski definition) is 0. The fourth-order valence-electron chi connectivity index (χ4n) is 2.84. The maximum Gasteiger partial charge on any atom is 0.260 e. The topological polar surface area (TPSA) is 55.3 Å². The third kappa shape index (κ3) is 3.57. The molecule has 0 aliphatic rings. The number of fused-ring (bicyclic) bond motifs is 1. The first-order chi connectivity index (χ1) is 13.7. The molecule has 4 aromatic rings. The number of halogens is 1. The zero-order valence-electron chi connectivity index (χ0n) is 15.0. The van der Waals surface area contributed by atoms with Gasteiger partial charge in [0.25, 0.3) is 5.91 Å². The first-order valence-electron chi connectivity index (χ1n) is 8.55. The number of rotatable bonds is 5. The van der Waals surface area contributed by atoms with E-state index >= 15 is 0 Å². The van der Waals surface area contributed by atoms with Crippen LogP contribution < -0.4 is 9.64 Å². The van der Waals surface area contributed by atoms with Crippen LogP contribution in [-0.2, 0) is 6.54 Å². The second-order valence-corrected chi connectivity index (χ2v) is 7.07. The highest BCUT2D eigenvalue weighted by Crippen LogP contribution is 2.35. The fraction of sp³-hybridized carbons (Fsp3) is 0.0952. The highest BCUT2D eigenvalue weighted by molar-refractivity contribution is 7.22. The Kier molecular flexibility index (Phi) is 4.99. The van der Waals surface area contributed by atoms with Crippen molar-refractivity contribution in [3.8, 4) is 5.75 Å². The van der Waals surface area contributed by atoms with Crippen molar-refractivity contribution in [1.82, 2.24) is 9.97 Å². The summed E-state index contributed by atoms with van der Waals surface area (Å²) in [5, 5.41) is 0.540. The smallest absolute Gasteiger partial charge is 0.260 e. The highest BCUT2D eigenvalue weighted by Gasteiger charge is 2.22. The van der Waals surface area contributed by atoms with Gasteiger partial charge in [0.2, 0.25) is 0 Å². The number of para-hydroxylation sites is 1. The Balaban J connectivity index is 1.78. The Morgan fingerprint density at radius 2 is 1.96 bits per heavy atom. The summed E-state index contributed by atoms with van der Waals surface area (Å²) in [6.07, 6.45) is 3.39. The lowest BCUT2D eigenvalue weighted by molar-refractivity contribution is 0.0985. The number of carbonyl (C=O) groups is 1. The second-order valence-electron chi connectivity index (χ2n) is 6.06. The van der Waals surface area contributed by atoms with Crippen molar-refractivity contribution < 1.29 is 13.9 Å². The van der Waals surface area contributed by atoms with E-state index in [4.69, 9.17) is 4.74 Å². The number of ether oxygens (including phenoxy) is 1.